The van der Waals surface area contributed by atoms with Crippen LogP contribution in [0.1, 0.15) is 32.3 Å². The molecule has 2 rings (SSSR count). The summed E-state index contributed by atoms with van der Waals surface area (Å²) in [7, 11) is 1.95. The fourth-order valence-corrected chi connectivity index (χ4v) is 3.13. The minimum absolute atomic E-state index is 0.189. The van der Waals surface area contributed by atoms with Crippen molar-refractivity contribution >= 4 is 11.4 Å². The lowest BCUT2D eigenvalue weighted by molar-refractivity contribution is 0.624. The highest BCUT2D eigenvalue weighted by atomic mass is 15.2. The minimum atomic E-state index is -0.310. The Balaban J connectivity index is 2.69. The third-order valence-corrected chi connectivity index (χ3v) is 4.07. The monoisotopic (exact) mass is 303 g/mol. The number of allylic oxidation sites excluding steroid dienone is 2. The summed E-state index contributed by atoms with van der Waals surface area (Å²) in [4.78, 5) is 6.28. The zero-order valence-electron chi connectivity index (χ0n) is 13.5. The van der Waals surface area contributed by atoms with E-state index in [9.17, 15) is 0 Å². The summed E-state index contributed by atoms with van der Waals surface area (Å²) in [5.74, 6) is 0. The molecule has 114 valence electrons. The molecule has 0 saturated carbocycles. The summed E-state index contributed by atoms with van der Waals surface area (Å²) < 4.78 is 0. The van der Waals surface area contributed by atoms with Crippen LogP contribution in [0.2, 0.25) is 0 Å². The first-order chi connectivity index (χ1) is 11.0. The molecule has 0 spiro atoms. The highest BCUT2D eigenvalue weighted by molar-refractivity contribution is 6.10. The van der Waals surface area contributed by atoms with E-state index in [1.165, 1.54) is 0 Å². The van der Waals surface area contributed by atoms with Gasteiger partial charge in [0.15, 0.2) is 0 Å². The van der Waals surface area contributed by atoms with Crippen LogP contribution in [0.25, 0.3) is 0 Å². The van der Waals surface area contributed by atoms with Gasteiger partial charge in [0.25, 0.3) is 0 Å². The van der Waals surface area contributed by atoms with E-state index >= 15 is 0 Å². The molecule has 0 bridgehead atoms. The van der Waals surface area contributed by atoms with Crippen LogP contribution in [-0.4, -0.2) is 12.8 Å². The second kappa shape index (κ2) is 6.34. The molecule has 1 aromatic carbocycles. The normalized spacial score (nSPS) is 16.6. The Labute approximate surface area is 136 Å². The predicted octanol–water partition coefficient (Wildman–Crippen LogP) is 3.42. The van der Waals surface area contributed by atoms with Crippen molar-refractivity contribution in [2.45, 2.75) is 32.1 Å². The molecule has 0 aliphatic carbocycles. The van der Waals surface area contributed by atoms with E-state index in [0.29, 0.717) is 12.1 Å². The first kappa shape index (κ1) is 16.3. The number of benzene rings is 1. The van der Waals surface area contributed by atoms with E-state index in [-0.39, 0.29) is 17.5 Å². The number of hydrogen-bond donors (Lipinski definition) is 0. The van der Waals surface area contributed by atoms with Crippen LogP contribution >= 0.6 is 0 Å². The molecule has 1 aromatic rings. The summed E-state index contributed by atoms with van der Waals surface area (Å²) in [6, 6.07) is 13.8. The molecule has 0 fully saturated rings. The summed E-state index contributed by atoms with van der Waals surface area (Å²) in [5, 5.41) is 26.9. The van der Waals surface area contributed by atoms with E-state index in [0.717, 1.165) is 16.9 Å². The third-order valence-electron chi connectivity index (χ3n) is 4.07. The quantitative estimate of drug-likeness (QED) is 0.800. The molecule has 5 heteroatoms. The SMILES string of the molecule is CN1/C(=C(/CCC#N)N=C(C#N)C#N)C(C)(C)c2ccccc21. The number of likely N-dealkylation sites (N-methyl/N-ethyl adjacent to an activating group) is 1. The van der Waals surface area contributed by atoms with Crippen molar-refractivity contribution in [3.8, 4) is 18.2 Å². The molecular formula is C18H17N5. The van der Waals surface area contributed by atoms with Crippen LogP contribution in [-0.2, 0) is 5.41 Å². The Morgan fingerprint density at radius 1 is 1.17 bits per heavy atom. The Bertz CT molecular complexity index is 793. The number of hydrogen-bond acceptors (Lipinski definition) is 5. The molecule has 1 heterocycles. The van der Waals surface area contributed by atoms with Gasteiger partial charge in [0.2, 0.25) is 5.71 Å². The van der Waals surface area contributed by atoms with Crippen LogP contribution < -0.4 is 4.90 Å². The Kier molecular flexibility index (Phi) is 4.49. The Hall–Kier alpha value is -3.10. The Morgan fingerprint density at radius 2 is 1.83 bits per heavy atom. The second-order valence-electron chi connectivity index (χ2n) is 5.84. The molecule has 0 N–H and O–H groups in total. The van der Waals surface area contributed by atoms with Crippen LogP contribution in [0.4, 0.5) is 5.69 Å². The lowest BCUT2D eigenvalue weighted by Gasteiger charge is -2.26. The molecule has 1 aliphatic rings. The lowest BCUT2D eigenvalue weighted by atomic mass is 9.82. The fourth-order valence-electron chi connectivity index (χ4n) is 3.13. The first-order valence-corrected chi connectivity index (χ1v) is 7.30. The molecule has 5 nitrogen and oxygen atoms in total. The summed E-state index contributed by atoms with van der Waals surface area (Å²) >= 11 is 0. The fraction of sp³-hybridized carbons (Fsp3) is 0.333. The standard InChI is InChI=1S/C18H17N5/c1-18(2)14-7-4-5-9-16(14)23(3)17(18)15(8-6-10-19)22-13(11-20)12-21/h4-5,7,9H,6,8H2,1-3H3/b17-15-. The van der Waals surface area contributed by atoms with Crippen molar-refractivity contribution in [1.29, 1.82) is 15.8 Å². The zero-order valence-corrected chi connectivity index (χ0v) is 13.5. The maximum atomic E-state index is 9.01. The number of rotatable bonds is 3. The molecule has 23 heavy (non-hydrogen) atoms. The topological polar surface area (TPSA) is 87.0 Å². The van der Waals surface area contributed by atoms with Crippen molar-refractivity contribution in [2.75, 3.05) is 11.9 Å². The summed E-state index contributed by atoms with van der Waals surface area (Å²) in [6.07, 6.45) is 0.688. The summed E-state index contributed by atoms with van der Waals surface area (Å²) in [5.41, 5.74) is 3.29. The second-order valence-corrected chi connectivity index (χ2v) is 5.84. The highest BCUT2D eigenvalue weighted by Gasteiger charge is 2.40. The smallest absolute Gasteiger partial charge is 0.218 e. The molecule has 0 saturated heterocycles. The van der Waals surface area contributed by atoms with Crippen molar-refractivity contribution < 1.29 is 0 Å². The number of fused-ring (bicyclic) bond motifs is 1. The predicted molar refractivity (Wildman–Crippen MR) is 88.4 cm³/mol. The van der Waals surface area contributed by atoms with Crippen LogP contribution in [0.15, 0.2) is 40.7 Å². The van der Waals surface area contributed by atoms with E-state index < -0.39 is 0 Å². The van der Waals surface area contributed by atoms with Gasteiger partial charge < -0.3 is 4.90 Å². The van der Waals surface area contributed by atoms with Crippen LogP contribution in [0.5, 0.6) is 0 Å². The van der Waals surface area contributed by atoms with Gasteiger partial charge in [-0.3, -0.25) is 0 Å². The van der Waals surface area contributed by atoms with Gasteiger partial charge in [-0.05, 0) is 11.6 Å². The average Bonchev–Trinajstić information content (AvgIpc) is 2.76. The van der Waals surface area contributed by atoms with E-state index in [4.69, 9.17) is 15.8 Å². The van der Waals surface area contributed by atoms with Gasteiger partial charge in [-0.25, -0.2) is 4.99 Å². The maximum absolute atomic E-state index is 9.01. The number of anilines is 1. The Morgan fingerprint density at radius 3 is 2.39 bits per heavy atom. The number of nitrogens with zero attached hydrogens (tertiary/aromatic N) is 5. The van der Waals surface area contributed by atoms with Crippen LogP contribution in [0.3, 0.4) is 0 Å². The number of nitriles is 3. The van der Waals surface area contributed by atoms with Gasteiger partial charge in [0.1, 0.15) is 12.1 Å². The molecular weight excluding hydrogens is 286 g/mol. The average molecular weight is 303 g/mol. The van der Waals surface area contributed by atoms with Crippen molar-refractivity contribution in [3.63, 3.8) is 0 Å². The van der Waals surface area contributed by atoms with Gasteiger partial charge in [0, 0.05) is 36.7 Å². The number of para-hydroxylation sites is 1. The third kappa shape index (κ3) is 2.80. The molecule has 0 atom stereocenters. The summed E-state index contributed by atoms with van der Waals surface area (Å²) in [6.45, 7) is 4.18. The zero-order chi connectivity index (χ0) is 17.0. The van der Waals surface area contributed by atoms with E-state index in [1.54, 1.807) is 12.1 Å². The minimum Gasteiger partial charge on any atom is -0.346 e. The van der Waals surface area contributed by atoms with Crippen LogP contribution in [0, 0.1) is 34.0 Å². The largest absolute Gasteiger partial charge is 0.346 e. The van der Waals surface area contributed by atoms with Gasteiger partial charge in [-0.15, -0.1) is 0 Å². The van der Waals surface area contributed by atoms with Gasteiger partial charge in [-0.2, -0.15) is 15.8 Å². The van der Waals surface area contributed by atoms with Crippen molar-refractivity contribution in [1.82, 2.24) is 0 Å². The van der Waals surface area contributed by atoms with Gasteiger partial charge in [-0.1, -0.05) is 32.0 Å². The molecule has 0 radical (unpaired) electrons. The van der Waals surface area contributed by atoms with Crippen molar-refractivity contribution in [2.24, 2.45) is 4.99 Å². The molecule has 0 unspecified atom stereocenters. The van der Waals surface area contributed by atoms with E-state index in [2.05, 4.69) is 31.0 Å². The van der Waals surface area contributed by atoms with E-state index in [1.807, 2.05) is 30.1 Å². The van der Waals surface area contributed by atoms with Gasteiger partial charge >= 0.3 is 0 Å². The molecule has 0 amide bonds. The van der Waals surface area contributed by atoms with Gasteiger partial charge in [0.05, 0.1) is 11.8 Å². The number of aliphatic imine (C=N–C) groups is 1. The van der Waals surface area contributed by atoms with Crippen molar-refractivity contribution in [3.05, 3.63) is 41.2 Å². The first-order valence-electron chi connectivity index (χ1n) is 7.30. The molecule has 1 aliphatic heterocycles. The lowest BCUT2D eigenvalue weighted by Crippen LogP contribution is -2.25. The molecule has 0 aromatic heterocycles. The maximum Gasteiger partial charge on any atom is 0.218 e. The highest BCUT2D eigenvalue weighted by Crippen LogP contribution is 2.48.